The van der Waals surface area contributed by atoms with E-state index < -0.39 is 27.9 Å². The van der Waals surface area contributed by atoms with Crippen molar-refractivity contribution in [1.29, 1.82) is 0 Å². The maximum absolute atomic E-state index is 13.2. The van der Waals surface area contributed by atoms with Crippen LogP contribution in [0.2, 0.25) is 0 Å². The fourth-order valence-electron chi connectivity index (χ4n) is 3.24. The summed E-state index contributed by atoms with van der Waals surface area (Å²) in [5.74, 6) is -0.965. The van der Waals surface area contributed by atoms with Crippen LogP contribution in [0, 0.1) is 20.8 Å². The summed E-state index contributed by atoms with van der Waals surface area (Å²) in [4.78, 5) is 25.2. The third-order valence-corrected chi connectivity index (χ3v) is 6.26. The van der Waals surface area contributed by atoms with E-state index in [0.29, 0.717) is 16.9 Å². The third-order valence-electron chi connectivity index (χ3n) is 5.08. The zero-order valence-electron chi connectivity index (χ0n) is 18.9. The summed E-state index contributed by atoms with van der Waals surface area (Å²) in [6, 6.07) is 9.21. The van der Waals surface area contributed by atoms with Crippen LogP contribution in [0.15, 0.2) is 36.4 Å². The predicted molar refractivity (Wildman–Crippen MR) is 123 cm³/mol. The Morgan fingerprint density at radius 3 is 2.19 bits per heavy atom. The second-order valence-corrected chi connectivity index (χ2v) is 9.35. The molecule has 31 heavy (non-hydrogen) atoms. The number of anilines is 2. The number of carbonyl (C=O) groups is 2. The second-order valence-electron chi connectivity index (χ2n) is 7.49. The number of benzene rings is 2. The van der Waals surface area contributed by atoms with Crippen LogP contribution in [0.4, 0.5) is 11.4 Å². The molecule has 0 saturated carbocycles. The lowest BCUT2D eigenvalue weighted by atomic mass is 10.1. The van der Waals surface area contributed by atoms with Crippen LogP contribution in [-0.4, -0.2) is 39.2 Å². The molecule has 0 bridgehead atoms. The van der Waals surface area contributed by atoms with Gasteiger partial charge < -0.3 is 10.1 Å². The van der Waals surface area contributed by atoms with Crippen LogP contribution >= 0.6 is 0 Å². The maximum Gasteiger partial charge on any atom is 0.338 e. The van der Waals surface area contributed by atoms with Crippen molar-refractivity contribution in [3.8, 4) is 0 Å². The molecule has 8 heteroatoms. The number of aryl methyl sites for hydroxylation is 3. The van der Waals surface area contributed by atoms with Gasteiger partial charge in [0.1, 0.15) is 6.04 Å². The number of hydrogen-bond donors (Lipinski definition) is 1. The lowest BCUT2D eigenvalue weighted by Crippen LogP contribution is -2.47. The molecule has 0 aromatic heterocycles. The molecule has 0 fully saturated rings. The Hall–Kier alpha value is -2.87. The van der Waals surface area contributed by atoms with Gasteiger partial charge in [0.15, 0.2) is 0 Å². The van der Waals surface area contributed by atoms with Gasteiger partial charge in [-0.05, 0) is 75.1 Å². The molecule has 2 rings (SSSR count). The normalized spacial score (nSPS) is 12.2. The van der Waals surface area contributed by atoms with Gasteiger partial charge in [0, 0.05) is 5.69 Å². The summed E-state index contributed by atoms with van der Waals surface area (Å²) in [6.07, 6.45) is 1.35. The van der Waals surface area contributed by atoms with Crippen LogP contribution in [-0.2, 0) is 19.6 Å². The molecule has 168 valence electrons. The average Bonchev–Trinajstić information content (AvgIpc) is 2.69. The minimum absolute atomic E-state index is 0.242. The fourth-order valence-corrected chi connectivity index (χ4v) is 4.44. The average molecular weight is 447 g/mol. The first-order valence-electron chi connectivity index (χ1n) is 10.1. The minimum atomic E-state index is -3.74. The molecule has 0 saturated heterocycles. The molecule has 1 N–H and O–H groups in total. The van der Waals surface area contributed by atoms with Gasteiger partial charge >= 0.3 is 5.97 Å². The van der Waals surface area contributed by atoms with Crippen molar-refractivity contribution in [1.82, 2.24) is 0 Å². The van der Waals surface area contributed by atoms with E-state index in [1.54, 1.807) is 51.1 Å². The number of sulfonamides is 1. The molecule has 2 aromatic carbocycles. The van der Waals surface area contributed by atoms with Crippen LogP contribution in [0.3, 0.4) is 0 Å². The molecular weight excluding hydrogens is 416 g/mol. The summed E-state index contributed by atoms with van der Waals surface area (Å²) < 4.78 is 31.5. The van der Waals surface area contributed by atoms with Crippen LogP contribution in [0.1, 0.15) is 47.3 Å². The van der Waals surface area contributed by atoms with Gasteiger partial charge in [-0.2, -0.15) is 0 Å². The highest BCUT2D eigenvalue weighted by atomic mass is 32.2. The molecule has 1 atom stereocenters. The highest BCUT2D eigenvalue weighted by molar-refractivity contribution is 7.92. The highest BCUT2D eigenvalue weighted by Crippen LogP contribution is 2.26. The van der Waals surface area contributed by atoms with E-state index in [0.717, 1.165) is 27.3 Å². The van der Waals surface area contributed by atoms with E-state index in [4.69, 9.17) is 4.74 Å². The topological polar surface area (TPSA) is 92.8 Å². The molecular formula is C23H30N2O5S. The molecule has 0 unspecified atom stereocenters. The first-order valence-corrected chi connectivity index (χ1v) is 12.0. The van der Waals surface area contributed by atoms with Crippen molar-refractivity contribution in [2.75, 3.05) is 22.5 Å². The van der Waals surface area contributed by atoms with Gasteiger partial charge in [-0.15, -0.1) is 0 Å². The van der Waals surface area contributed by atoms with Gasteiger partial charge in [0.05, 0.1) is 24.1 Å². The Morgan fingerprint density at radius 1 is 1.00 bits per heavy atom. The van der Waals surface area contributed by atoms with Crippen LogP contribution < -0.4 is 9.62 Å². The fraction of sp³-hybridized carbons (Fsp3) is 0.391. The Bertz CT molecular complexity index is 1080. The van der Waals surface area contributed by atoms with Crippen LogP contribution in [0.5, 0.6) is 0 Å². The Kier molecular flexibility index (Phi) is 7.84. The maximum atomic E-state index is 13.2. The Labute approximate surface area is 184 Å². The molecule has 0 aliphatic carbocycles. The Balaban J connectivity index is 2.42. The largest absolute Gasteiger partial charge is 0.462 e. The SMILES string of the molecule is CCOC(=O)c1ccc(C)c(NC(=O)[C@H](CC)N(c2ccc(C)c(C)c2)S(C)(=O)=O)c1. The Morgan fingerprint density at radius 2 is 1.65 bits per heavy atom. The van der Waals surface area contributed by atoms with Gasteiger partial charge in [-0.25, -0.2) is 13.2 Å². The highest BCUT2D eigenvalue weighted by Gasteiger charge is 2.32. The van der Waals surface area contributed by atoms with Crippen molar-refractivity contribution in [3.05, 3.63) is 58.7 Å². The summed E-state index contributed by atoms with van der Waals surface area (Å²) in [6.45, 7) is 9.34. The first kappa shape index (κ1) is 24.4. The van der Waals surface area contributed by atoms with Crippen molar-refractivity contribution in [2.45, 2.75) is 47.1 Å². The van der Waals surface area contributed by atoms with Crippen molar-refractivity contribution >= 4 is 33.3 Å². The standard InChI is InChI=1S/C23H30N2O5S/c1-7-21(25(31(6,28)29)19-12-10-15(3)17(5)13-19)22(26)24-20-14-18(11-9-16(20)4)23(27)30-8-2/h9-14,21H,7-8H2,1-6H3,(H,24,26)/t21-/m0/s1. The summed E-state index contributed by atoms with van der Waals surface area (Å²) in [5.41, 5.74) is 3.88. The van der Waals surface area contributed by atoms with E-state index in [1.165, 1.54) is 0 Å². The van der Waals surface area contributed by atoms with Crippen molar-refractivity contribution in [2.24, 2.45) is 0 Å². The van der Waals surface area contributed by atoms with Crippen molar-refractivity contribution in [3.63, 3.8) is 0 Å². The number of nitrogens with one attached hydrogen (secondary N) is 1. The number of nitrogens with zero attached hydrogens (tertiary/aromatic N) is 1. The number of amides is 1. The molecule has 0 aliphatic rings. The van der Waals surface area contributed by atoms with Gasteiger partial charge in [0.25, 0.3) is 0 Å². The predicted octanol–water partition coefficient (Wildman–Crippen LogP) is 3.97. The monoisotopic (exact) mass is 446 g/mol. The van der Waals surface area contributed by atoms with Gasteiger partial charge in [0.2, 0.25) is 15.9 Å². The van der Waals surface area contributed by atoms with Gasteiger partial charge in [-0.1, -0.05) is 19.1 Å². The molecule has 0 aliphatic heterocycles. The number of ether oxygens (including phenoxy) is 1. The van der Waals surface area contributed by atoms with E-state index in [-0.39, 0.29) is 13.0 Å². The molecule has 7 nitrogen and oxygen atoms in total. The molecule has 0 heterocycles. The zero-order chi connectivity index (χ0) is 23.3. The number of carbonyl (C=O) groups excluding carboxylic acids is 2. The molecule has 0 radical (unpaired) electrons. The zero-order valence-corrected chi connectivity index (χ0v) is 19.7. The summed E-state index contributed by atoms with van der Waals surface area (Å²) >= 11 is 0. The minimum Gasteiger partial charge on any atom is -0.462 e. The van der Waals surface area contributed by atoms with E-state index in [9.17, 15) is 18.0 Å². The first-order chi connectivity index (χ1) is 14.5. The van der Waals surface area contributed by atoms with E-state index in [2.05, 4.69) is 5.32 Å². The van der Waals surface area contributed by atoms with Crippen molar-refractivity contribution < 1.29 is 22.7 Å². The van der Waals surface area contributed by atoms with Crippen LogP contribution in [0.25, 0.3) is 0 Å². The van der Waals surface area contributed by atoms with Gasteiger partial charge in [-0.3, -0.25) is 9.10 Å². The summed E-state index contributed by atoms with van der Waals surface area (Å²) in [5, 5.41) is 2.79. The third kappa shape index (κ3) is 5.85. The second kappa shape index (κ2) is 9.96. The lowest BCUT2D eigenvalue weighted by Gasteiger charge is -2.30. The number of esters is 1. The van der Waals surface area contributed by atoms with E-state index >= 15 is 0 Å². The smallest absolute Gasteiger partial charge is 0.338 e. The number of rotatable bonds is 8. The quantitative estimate of drug-likeness (QED) is 0.620. The summed E-state index contributed by atoms with van der Waals surface area (Å²) in [7, 11) is -3.74. The molecule has 1 amide bonds. The lowest BCUT2D eigenvalue weighted by molar-refractivity contribution is -0.117. The van der Waals surface area contributed by atoms with E-state index in [1.807, 2.05) is 19.9 Å². The molecule has 2 aromatic rings. The molecule has 0 spiro atoms. The number of hydrogen-bond acceptors (Lipinski definition) is 5.